The number of alkyl halides is 12. The molecule has 0 radical (unpaired) electrons. The number of rotatable bonds is 2. The van der Waals surface area contributed by atoms with Crippen molar-refractivity contribution in [3.8, 4) is 0 Å². The standard InChI is InChI=1S/C8H6F12O2/c1-2(3(21,5(9,10)11)6(12,13)14)4(22,7(15,16)17)8(18,19)20/h2,21-22H,1H3. The molecule has 0 fully saturated rings. The Balaban J connectivity index is 6.54. The van der Waals surface area contributed by atoms with Gasteiger partial charge in [0.05, 0.1) is 5.92 Å². The minimum atomic E-state index is -6.98. The smallest absolute Gasteiger partial charge is 0.373 e. The van der Waals surface area contributed by atoms with Crippen molar-refractivity contribution in [2.75, 3.05) is 0 Å². The van der Waals surface area contributed by atoms with Crippen LogP contribution >= 0.6 is 0 Å². The molecule has 0 aliphatic rings. The molecule has 0 bridgehead atoms. The summed E-state index contributed by atoms with van der Waals surface area (Å²) in [6.45, 7) is -0.859. The highest BCUT2D eigenvalue weighted by atomic mass is 19.4. The molecule has 0 amide bonds. The van der Waals surface area contributed by atoms with E-state index in [1.165, 1.54) is 0 Å². The Labute approximate surface area is 113 Å². The number of hydrogen-bond acceptors (Lipinski definition) is 2. The molecule has 0 rings (SSSR count). The topological polar surface area (TPSA) is 40.5 Å². The molecule has 0 spiro atoms. The molecule has 2 N–H and O–H groups in total. The normalized spacial score (nSPS) is 16.4. The van der Waals surface area contributed by atoms with E-state index in [-0.39, 0.29) is 0 Å². The summed E-state index contributed by atoms with van der Waals surface area (Å²) in [4.78, 5) is 0. The van der Waals surface area contributed by atoms with E-state index >= 15 is 0 Å². The summed E-state index contributed by atoms with van der Waals surface area (Å²) in [7, 11) is 0. The van der Waals surface area contributed by atoms with Crippen LogP contribution in [0.3, 0.4) is 0 Å². The van der Waals surface area contributed by atoms with Crippen molar-refractivity contribution in [2.24, 2.45) is 5.92 Å². The third-order valence-electron chi connectivity index (χ3n) is 2.98. The molecule has 0 heterocycles. The zero-order valence-corrected chi connectivity index (χ0v) is 10.0. The minimum absolute atomic E-state index is 0.859. The van der Waals surface area contributed by atoms with E-state index in [0.29, 0.717) is 0 Å². The molecule has 0 aromatic carbocycles. The maximum Gasteiger partial charge on any atom is 0.426 e. The molecule has 0 unspecified atom stereocenters. The molecule has 14 heteroatoms. The molecule has 0 aromatic rings. The number of hydrogen-bond donors (Lipinski definition) is 2. The van der Waals surface area contributed by atoms with Crippen molar-refractivity contribution in [2.45, 2.75) is 42.8 Å². The Morgan fingerprint density at radius 3 is 0.727 bits per heavy atom. The van der Waals surface area contributed by atoms with Gasteiger partial charge in [0.2, 0.25) is 0 Å². The third kappa shape index (κ3) is 2.81. The molecule has 22 heavy (non-hydrogen) atoms. The second kappa shape index (κ2) is 5.04. The lowest BCUT2D eigenvalue weighted by atomic mass is 9.74. The zero-order valence-electron chi connectivity index (χ0n) is 10.0. The van der Waals surface area contributed by atoms with E-state index in [1.54, 1.807) is 0 Å². The average Bonchev–Trinajstić information content (AvgIpc) is 2.19. The SMILES string of the molecule is CC(C(O)(C(F)(F)F)C(F)(F)F)C(O)(C(F)(F)F)C(F)(F)F. The van der Waals surface area contributed by atoms with E-state index in [1.807, 2.05) is 0 Å². The summed E-state index contributed by atoms with van der Waals surface area (Å²) in [6.07, 6.45) is -27.9. The first-order chi connectivity index (χ1) is 9.15. The van der Waals surface area contributed by atoms with Crippen molar-refractivity contribution < 1.29 is 62.9 Å². The first-order valence-electron chi connectivity index (χ1n) is 4.87. The van der Waals surface area contributed by atoms with Crippen LogP contribution in [0.5, 0.6) is 0 Å². The lowest BCUT2D eigenvalue weighted by molar-refractivity contribution is -0.444. The van der Waals surface area contributed by atoms with Crippen LogP contribution in [0.1, 0.15) is 6.92 Å². The summed E-state index contributed by atoms with van der Waals surface area (Å²) in [5.74, 6) is -4.79. The van der Waals surface area contributed by atoms with Gasteiger partial charge in [0, 0.05) is 0 Å². The van der Waals surface area contributed by atoms with E-state index in [4.69, 9.17) is 10.2 Å². The van der Waals surface area contributed by atoms with Crippen molar-refractivity contribution >= 4 is 0 Å². The van der Waals surface area contributed by atoms with E-state index in [9.17, 15) is 52.7 Å². The van der Waals surface area contributed by atoms with E-state index in [2.05, 4.69) is 0 Å². The molecular weight excluding hydrogens is 356 g/mol. The van der Waals surface area contributed by atoms with Gasteiger partial charge >= 0.3 is 24.7 Å². The largest absolute Gasteiger partial charge is 0.426 e. The van der Waals surface area contributed by atoms with Gasteiger partial charge in [0.1, 0.15) is 0 Å². The zero-order chi connectivity index (χ0) is 18.6. The van der Waals surface area contributed by atoms with Crippen LogP contribution in [0.4, 0.5) is 52.7 Å². The first-order valence-corrected chi connectivity index (χ1v) is 4.87. The minimum Gasteiger partial charge on any atom is -0.373 e. The van der Waals surface area contributed by atoms with Gasteiger partial charge in [-0.15, -0.1) is 0 Å². The monoisotopic (exact) mass is 362 g/mol. The summed E-state index contributed by atoms with van der Waals surface area (Å²) < 4.78 is 148. The van der Waals surface area contributed by atoms with Gasteiger partial charge < -0.3 is 10.2 Å². The van der Waals surface area contributed by atoms with Gasteiger partial charge in [-0.25, -0.2) is 0 Å². The quantitative estimate of drug-likeness (QED) is 0.740. The second-order valence-electron chi connectivity index (χ2n) is 4.25. The van der Waals surface area contributed by atoms with Gasteiger partial charge in [0.15, 0.2) is 0 Å². The maximum absolute atomic E-state index is 12.3. The fourth-order valence-electron chi connectivity index (χ4n) is 1.61. The lowest BCUT2D eigenvalue weighted by Crippen LogP contribution is -2.73. The van der Waals surface area contributed by atoms with Gasteiger partial charge in [-0.1, -0.05) is 6.92 Å². The van der Waals surface area contributed by atoms with Crippen LogP contribution in [0, 0.1) is 5.92 Å². The molecule has 0 saturated carbocycles. The van der Waals surface area contributed by atoms with Gasteiger partial charge in [-0.05, 0) is 0 Å². The van der Waals surface area contributed by atoms with Crippen LogP contribution < -0.4 is 0 Å². The highest BCUT2D eigenvalue weighted by molar-refractivity contribution is 5.10. The molecule has 0 atom stereocenters. The van der Waals surface area contributed by atoms with Crippen LogP contribution in [0.25, 0.3) is 0 Å². The van der Waals surface area contributed by atoms with Crippen LogP contribution in [-0.4, -0.2) is 46.1 Å². The lowest BCUT2D eigenvalue weighted by Gasteiger charge is -2.45. The van der Waals surface area contributed by atoms with Crippen LogP contribution in [0.2, 0.25) is 0 Å². The van der Waals surface area contributed by atoms with Crippen molar-refractivity contribution in [1.29, 1.82) is 0 Å². The van der Waals surface area contributed by atoms with E-state index in [0.717, 1.165) is 0 Å². The van der Waals surface area contributed by atoms with Crippen molar-refractivity contribution in [3.05, 3.63) is 0 Å². The molecule has 134 valence electrons. The Kier molecular flexibility index (Phi) is 4.83. The molecular formula is C8H6F12O2. The summed E-state index contributed by atoms with van der Waals surface area (Å²) in [5.41, 5.74) is -12.9. The van der Waals surface area contributed by atoms with Crippen LogP contribution in [-0.2, 0) is 0 Å². The molecule has 2 nitrogen and oxygen atoms in total. The van der Waals surface area contributed by atoms with Gasteiger partial charge in [0.25, 0.3) is 11.2 Å². The fraction of sp³-hybridized carbons (Fsp3) is 1.00. The first kappa shape index (κ1) is 21.1. The Hall–Kier alpha value is -0.920. The van der Waals surface area contributed by atoms with Gasteiger partial charge in [-0.3, -0.25) is 0 Å². The highest BCUT2D eigenvalue weighted by Gasteiger charge is 2.84. The third-order valence-corrected chi connectivity index (χ3v) is 2.98. The average molecular weight is 362 g/mol. The van der Waals surface area contributed by atoms with Crippen molar-refractivity contribution in [3.63, 3.8) is 0 Å². The Morgan fingerprint density at radius 2 is 0.636 bits per heavy atom. The number of halogens is 12. The summed E-state index contributed by atoms with van der Waals surface area (Å²) >= 11 is 0. The van der Waals surface area contributed by atoms with E-state index < -0.39 is 48.7 Å². The van der Waals surface area contributed by atoms with Crippen molar-refractivity contribution in [1.82, 2.24) is 0 Å². The molecule has 0 aromatic heterocycles. The molecule has 0 aliphatic carbocycles. The van der Waals surface area contributed by atoms with Gasteiger partial charge in [-0.2, -0.15) is 52.7 Å². The maximum atomic E-state index is 12.3. The second-order valence-corrected chi connectivity index (χ2v) is 4.25. The predicted octanol–water partition coefficient (Wildman–Crippen LogP) is 3.33. The Bertz CT molecular complexity index is 333. The number of aliphatic hydroxyl groups is 2. The molecule has 0 aliphatic heterocycles. The fourth-order valence-corrected chi connectivity index (χ4v) is 1.61. The predicted molar refractivity (Wildman–Crippen MR) is 43.3 cm³/mol. The van der Waals surface area contributed by atoms with Crippen LogP contribution in [0.15, 0.2) is 0 Å². The summed E-state index contributed by atoms with van der Waals surface area (Å²) in [6, 6.07) is 0. The highest BCUT2D eigenvalue weighted by Crippen LogP contribution is 2.57. The Morgan fingerprint density at radius 1 is 0.500 bits per heavy atom. The molecule has 0 saturated heterocycles. The summed E-state index contributed by atoms with van der Waals surface area (Å²) in [5, 5.41) is 17.2.